The standard InChI is InChI=1S/C32H36N5O4/c1-5-6-10-26-21-23(22-33(26)2)30-29(27-11-7-8-12-28(27)31(38)34(30)3)32(39)36-18-9-17-35(19-20-36)24-13-15-25(16-14-24)37(40)41-4/h5-8,10-16,21-22,29-30H,1,9,17-20H2,2-4H3/q+1/b10-6-. The predicted molar refractivity (Wildman–Crippen MR) is 159 cm³/mol. The number of hydrogen-bond acceptors (Lipinski definition) is 5. The monoisotopic (exact) mass is 554 g/mol. The number of anilines is 1. The molecule has 2 amide bonds. The molecule has 0 radical (unpaired) electrons. The molecular weight excluding hydrogens is 518 g/mol. The minimum Gasteiger partial charge on any atom is -0.370 e. The van der Waals surface area contributed by atoms with Gasteiger partial charge in [0.1, 0.15) is 0 Å². The molecule has 0 N–H and O–H groups in total. The highest BCUT2D eigenvalue weighted by atomic mass is 16.8. The van der Waals surface area contributed by atoms with Crippen LogP contribution in [0.1, 0.15) is 45.6 Å². The van der Waals surface area contributed by atoms with Crippen molar-refractivity contribution in [1.29, 1.82) is 0 Å². The van der Waals surface area contributed by atoms with Gasteiger partial charge < -0.3 is 19.3 Å². The van der Waals surface area contributed by atoms with Crippen molar-refractivity contribution in [1.82, 2.24) is 14.4 Å². The normalized spacial score (nSPS) is 19.2. The number of rotatable bonds is 7. The first-order valence-electron chi connectivity index (χ1n) is 13.8. The van der Waals surface area contributed by atoms with Crippen LogP contribution in [0.2, 0.25) is 0 Å². The van der Waals surface area contributed by atoms with Crippen LogP contribution in [0.3, 0.4) is 0 Å². The lowest BCUT2D eigenvalue weighted by Crippen LogP contribution is -2.47. The average molecular weight is 555 g/mol. The molecular formula is C32H36N5O4+. The fourth-order valence-electron chi connectivity index (χ4n) is 5.94. The van der Waals surface area contributed by atoms with E-state index in [4.69, 9.17) is 4.84 Å². The molecule has 3 heterocycles. The smallest absolute Gasteiger partial charge is 0.316 e. The third kappa shape index (κ3) is 5.39. The molecule has 1 saturated heterocycles. The molecule has 2 aliphatic heterocycles. The molecule has 9 heteroatoms. The minimum absolute atomic E-state index is 0.0214. The second-order valence-corrected chi connectivity index (χ2v) is 10.5. The Morgan fingerprint density at radius 3 is 2.54 bits per heavy atom. The number of amides is 2. The average Bonchev–Trinajstić information content (AvgIpc) is 3.19. The lowest BCUT2D eigenvalue weighted by molar-refractivity contribution is -0.736. The van der Waals surface area contributed by atoms with Gasteiger partial charge in [0.15, 0.2) is 7.11 Å². The third-order valence-electron chi connectivity index (χ3n) is 8.05. The number of allylic oxidation sites excluding steroid dienone is 2. The van der Waals surface area contributed by atoms with Gasteiger partial charge in [0.2, 0.25) is 5.91 Å². The van der Waals surface area contributed by atoms with E-state index in [0.29, 0.717) is 35.8 Å². The summed E-state index contributed by atoms with van der Waals surface area (Å²) in [5.41, 5.74) is 4.64. The van der Waals surface area contributed by atoms with Crippen LogP contribution >= 0.6 is 0 Å². The van der Waals surface area contributed by atoms with Crippen molar-refractivity contribution in [3.8, 4) is 0 Å². The zero-order valence-corrected chi connectivity index (χ0v) is 23.8. The number of carbonyl (C=O) groups excluding carboxylic acids is 2. The van der Waals surface area contributed by atoms with Gasteiger partial charge in [-0.3, -0.25) is 9.59 Å². The summed E-state index contributed by atoms with van der Waals surface area (Å²) in [5, 5.41) is 0. The molecule has 2 aromatic carbocycles. The quantitative estimate of drug-likeness (QED) is 0.308. The van der Waals surface area contributed by atoms with Gasteiger partial charge in [-0.2, -0.15) is 0 Å². The van der Waals surface area contributed by atoms with E-state index in [-0.39, 0.29) is 11.8 Å². The Morgan fingerprint density at radius 2 is 1.80 bits per heavy atom. The van der Waals surface area contributed by atoms with Crippen LogP contribution in [0.25, 0.3) is 6.08 Å². The van der Waals surface area contributed by atoms with Crippen LogP contribution in [0.5, 0.6) is 0 Å². The van der Waals surface area contributed by atoms with E-state index < -0.39 is 12.0 Å². The molecule has 0 saturated carbocycles. The van der Waals surface area contributed by atoms with Crippen LogP contribution < -0.4 is 4.90 Å². The van der Waals surface area contributed by atoms with Gasteiger partial charge in [0, 0.05) is 75.5 Å². The molecule has 0 aliphatic carbocycles. The Hall–Kier alpha value is -4.66. The first-order chi connectivity index (χ1) is 19.8. The largest absolute Gasteiger partial charge is 0.370 e. The van der Waals surface area contributed by atoms with Crippen molar-refractivity contribution in [2.24, 2.45) is 7.05 Å². The number of nitrogens with zero attached hydrogens (tertiary/aromatic N) is 5. The number of aryl methyl sites for hydroxylation is 1. The molecule has 2 atom stereocenters. The van der Waals surface area contributed by atoms with E-state index in [0.717, 1.165) is 35.5 Å². The Kier molecular flexibility index (Phi) is 8.05. The summed E-state index contributed by atoms with van der Waals surface area (Å²) in [6, 6.07) is 16.4. The Labute approximate surface area is 240 Å². The number of likely N-dealkylation sites (N-methyl/N-ethyl adjacent to an activating group) is 1. The molecule has 1 aromatic heterocycles. The predicted octanol–water partition coefficient (Wildman–Crippen LogP) is 4.85. The second-order valence-electron chi connectivity index (χ2n) is 10.5. The molecule has 0 spiro atoms. The van der Waals surface area contributed by atoms with E-state index in [1.807, 2.05) is 77.3 Å². The van der Waals surface area contributed by atoms with Crippen LogP contribution in [-0.4, -0.2) is 71.4 Å². The first kappa shape index (κ1) is 27.9. The summed E-state index contributed by atoms with van der Waals surface area (Å²) in [7, 11) is 5.08. The van der Waals surface area contributed by atoms with Gasteiger partial charge in [0.05, 0.1) is 16.9 Å². The molecule has 1 fully saturated rings. The van der Waals surface area contributed by atoms with Gasteiger partial charge in [-0.15, -0.1) is 0 Å². The van der Waals surface area contributed by atoms with Crippen LogP contribution in [0, 0.1) is 4.91 Å². The maximum absolute atomic E-state index is 14.4. The number of carbonyl (C=O) groups is 2. The van der Waals surface area contributed by atoms with Crippen molar-refractivity contribution < 1.29 is 19.3 Å². The zero-order chi connectivity index (χ0) is 29.1. The number of aromatic nitrogens is 1. The zero-order valence-electron chi connectivity index (χ0n) is 23.8. The SMILES string of the molecule is C=C/C=C\c1cc(C2C(C(=O)N3CCCN(c4ccc([N+](=O)OC)cc4)CC3)c3ccccc3C(=O)N2C)cn1C. The second kappa shape index (κ2) is 11.8. The molecule has 9 nitrogen and oxygen atoms in total. The van der Waals surface area contributed by atoms with Gasteiger partial charge >= 0.3 is 5.69 Å². The van der Waals surface area contributed by atoms with E-state index in [2.05, 4.69) is 11.5 Å². The molecule has 5 rings (SSSR count). The fourth-order valence-corrected chi connectivity index (χ4v) is 5.94. The number of benzene rings is 2. The van der Waals surface area contributed by atoms with Crippen molar-refractivity contribution in [3.63, 3.8) is 0 Å². The number of hydrogen-bond donors (Lipinski definition) is 0. The van der Waals surface area contributed by atoms with Crippen LogP contribution in [0.15, 0.2) is 79.5 Å². The van der Waals surface area contributed by atoms with E-state index in [9.17, 15) is 14.5 Å². The fraction of sp³-hybridized carbons (Fsp3) is 0.312. The molecule has 2 aliphatic rings. The summed E-state index contributed by atoms with van der Waals surface area (Å²) >= 11 is 0. The molecule has 2 unspecified atom stereocenters. The summed E-state index contributed by atoms with van der Waals surface area (Å²) in [4.78, 5) is 50.8. The Morgan fingerprint density at radius 1 is 1.05 bits per heavy atom. The lowest BCUT2D eigenvalue weighted by atomic mass is 9.79. The van der Waals surface area contributed by atoms with E-state index in [1.54, 1.807) is 30.2 Å². The summed E-state index contributed by atoms with van der Waals surface area (Å²) in [6.45, 7) is 6.38. The maximum Gasteiger partial charge on any atom is 0.316 e. The molecule has 3 aromatic rings. The molecule has 212 valence electrons. The van der Waals surface area contributed by atoms with Crippen LogP contribution in [-0.2, 0) is 16.7 Å². The first-order valence-corrected chi connectivity index (χ1v) is 13.8. The summed E-state index contributed by atoms with van der Waals surface area (Å²) in [5.74, 6) is -0.596. The van der Waals surface area contributed by atoms with Crippen LogP contribution in [0.4, 0.5) is 11.4 Å². The molecule has 0 bridgehead atoms. The van der Waals surface area contributed by atoms with Gasteiger partial charge in [-0.05, 0) is 47.9 Å². The highest BCUT2D eigenvalue weighted by molar-refractivity contribution is 6.01. The molecule has 41 heavy (non-hydrogen) atoms. The third-order valence-corrected chi connectivity index (χ3v) is 8.05. The Bertz CT molecular complexity index is 1490. The van der Waals surface area contributed by atoms with Crippen molar-refractivity contribution in [2.45, 2.75) is 18.4 Å². The van der Waals surface area contributed by atoms with Gasteiger partial charge in [-0.1, -0.05) is 36.9 Å². The van der Waals surface area contributed by atoms with Gasteiger partial charge in [-0.25, -0.2) is 4.84 Å². The van der Waals surface area contributed by atoms with E-state index >= 15 is 0 Å². The maximum atomic E-state index is 14.4. The lowest BCUT2D eigenvalue weighted by Gasteiger charge is -2.41. The van der Waals surface area contributed by atoms with Gasteiger partial charge in [0.25, 0.3) is 10.8 Å². The highest BCUT2D eigenvalue weighted by Crippen LogP contribution is 2.43. The summed E-state index contributed by atoms with van der Waals surface area (Å²) < 4.78 is 2.00. The minimum atomic E-state index is -0.532. The summed E-state index contributed by atoms with van der Waals surface area (Å²) in [6.07, 6.45) is 8.37. The topological polar surface area (TPSA) is 78.1 Å². The van der Waals surface area contributed by atoms with Crippen molar-refractivity contribution >= 4 is 29.3 Å². The van der Waals surface area contributed by atoms with Crippen molar-refractivity contribution in [3.05, 3.63) is 107 Å². The highest BCUT2D eigenvalue weighted by Gasteiger charge is 2.44. The number of fused-ring (bicyclic) bond motifs is 1. The Balaban J connectivity index is 1.44. The van der Waals surface area contributed by atoms with Crippen molar-refractivity contribution in [2.75, 3.05) is 45.2 Å². The van der Waals surface area contributed by atoms with E-state index in [1.165, 1.54) is 7.11 Å².